The van der Waals surface area contributed by atoms with Crippen molar-refractivity contribution in [1.29, 1.82) is 0 Å². The van der Waals surface area contributed by atoms with Crippen LogP contribution in [0.3, 0.4) is 0 Å². The number of rotatable bonds is 3. The molecule has 0 aliphatic rings. The standard InChI is InChI=1S/C6H13N3O/c1-7-5-9(3)4-6(10)8-2/h5H,4H2,1-3H3,(H,8,10). The molecule has 10 heavy (non-hydrogen) atoms. The molecule has 0 aliphatic heterocycles. The Morgan fingerprint density at radius 2 is 2.40 bits per heavy atom. The van der Waals surface area contributed by atoms with Crippen LogP contribution in [0.2, 0.25) is 0 Å². The first-order chi connectivity index (χ1) is 4.70. The third-order valence-electron chi connectivity index (χ3n) is 0.984. The number of amides is 1. The molecule has 0 bridgehead atoms. The predicted molar refractivity (Wildman–Crippen MR) is 41.1 cm³/mol. The molecule has 0 saturated carbocycles. The summed E-state index contributed by atoms with van der Waals surface area (Å²) in [5, 5.41) is 2.51. The summed E-state index contributed by atoms with van der Waals surface area (Å²) in [5.74, 6) is -0.0117. The van der Waals surface area contributed by atoms with Crippen molar-refractivity contribution < 1.29 is 4.79 Å². The number of aliphatic imine (C=N–C) groups is 1. The molecule has 0 unspecified atom stereocenters. The Kier molecular flexibility index (Phi) is 4.28. The summed E-state index contributed by atoms with van der Waals surface area (Å²) in [6, 6.07) is 0. The maximum absolute atomic E-state index is 10.7. The van der Waals surface area contributed by atoms with Crippen molar-refractivity contribution in [3.63, 3.8) is 0 Å². The van der Waals surface area contributed by atoms with Crippen molar-refractivity contribution >= 4 is 12.2 Å². The van der Waals surface area contributed by atoms with E-state index in [1.54, 1.807) is 32.4 Å². The van der Waals surface area contributed by atoms with Gasteiger partial charge in [0.25, 0.3) is 0 Å². The minimum Gasteiger partial charge on any atom is -0.358 e. The molecule has 0 aromatic heterocycles. The van der Waals surface area contributed by atoms with E-state index in [-0.39, 0.29) is 5.91 Å². The maximum atomic E-state index is 10.7. The minimum absolute atomic E-state index is 0.0117. The third kappa shape index (κ3) is 3.88. The number of hydrogen-bond acceptors (Lipinski definition) is 2. The Labute approximate surface area is 60.9 Å². The van der Waals surface area contributed by atoms with Crippen LogP contribution in [-0.2, 0) is 4.79 Å². The molecule has 58 valence electrons. The molecule has 0 radical (unpaired) electrons. The van der Waals surface area contributed by atoms with Gasteiger partial charge in [0.2, 0.25) is 5.91 Å². The molecule has 0 aromatic rings. The largest absolute Gasteiger partial charge is 0.358 e. The van der Waals surface area contributed by atoms with Crippen LogP contribution in [0.1, 0.15) is 0 Å². The lowest BCUT2D eigenvalue weighted by molar-refractivity contribution is -0.120. The van der Waals surface area contributed by atoms with Crippen LogP contribution in [0.4, 0.5) is 0 Å². The SMILES string of the molecule is CN=CN(C)CC(=O)NC. The van der Waals surface area contributed by atoms with Gasteiger partial charge in [-0.15, -0.1) is 0 Å². The first-order valence-corrected chi connectivity index (χ1v) is 3.03. The van der Waals surface area contributed by atoms with Gasteiger partial charge in [0.1, 0.15) is 0 Å². The normalized spacial score (nSPS) is 9.90. The van der Waals surface area contributed by atoms with Gasteiger partial charge < -0.3 is 10.2 Å². The molecule has 0 aliphatic carbocycles. The fraction of sp³-hybridized carbons (Fsp3) is 0.667. The number of hydrogen-bond donors (Lipinski definition) is 1. The summed E-state index contributed by atoms with van der Waals surface area (Å²) in [7, 11) is 5.07. The van der Waals surface area contributed by atoms with Gasteiger partial charge in [-0.1, -0.05) is 0 Å². The molecule has 0 spiro atoms. The lowest BCUT2D eigenvalue weighted by Gasteiger charge is -2.10. The van der Waals surface area contributed by atoms with Crippen molar-refractivity contribution in [2.45, 2.75) is 0 Å². The Bertz CT molecular complexity index is 133. The Hall–Kier alpha value is -1.06. The molecule has 4 heteroatoms. The van der Waals surface area contributed by atoms with Gasteiger partial charge in [-0.3, -0.25) is 9.79 Å². The van der Waals surface area contributed by atoms with Gasteiger partial charge in [0, 0.05) is 21.1 Å². The lowest BCUT2D eigenvalue weighted by Crippen LogP contribution is -2.32. The summed E-state index contributed by atoms with van der Waals surface area (Å²) in [4.78, 5) is 16.1. The molecule has 4 nitrogen and oxygen atoms in total. The Morgan fingerprint density at radius 3 is 2.80 bits per heavy atom. The number of carbonyl (C=O) groups excluding carboxylic acids is 1. The van der Waals surface area contributed by atoms with Gasteiger partial charge in [-0.2, -0.15) is 0 Å². The zero-order valence-electron chi connectivity index (χ0n) is 6.59. The van der Waals surface area contributed by atoms with Gasteiger partial charge in [0.05, 0.1) is 12.9 Å². The van der Waals surface area contributed by atoms with Crippen LogP contribution in [0.15, 0.2) is 4.99 Å². The van der Waals surface area contributed by atoms with E-state index in [2.05, 4.69) is 10.3 Å². The maximum Gasteiger partial charge on any atom is 0.239 e. The van der Waals surface area contributed by atoms with Gasteiger partial charge in [0.15, 0.2) is 0 Å². The minimum atomic E-state index is -0.0117. The first kappa shape index (κ1) is 8.94. The molecular weight excluding hydrogens is 130 g/mol. The van der Waals surface area contributed by atoms with Gasteiger partial charge >= 0.3 is 0 Å². The summed E-state index contributed by atoms with van der Waals surface area (Å²) >= 11 is 0. The fourth-order valence-electron chi connectivity index (χ4n) is 0.544. The molecule has 0 atom stereocenters. The average molecular weight is 143 g/mol. The molecule has 0 fully saturated rings. The van der Waals surface area contributed by atoms with E-state index in [9.17, 15) is 4.79 Å². The van der Waals surface area contributed by atoms with Crippen molar-refractivity contribution in [2.75, 3.05) is 27.7 Å². The molecule has 1 amide bonds. The van der Waals surface area contributed by atoms with Crippen LogP contribution in [-0.4, -0.2) is 44.8 Å². The van der Waals surface area contributed by atoms with Crippen molar-refractivity contribution in [3.8, 4) is 0 Å². The van der Waals surface area contributed by atoms with E-state index >= 15 is 0 Å². The second kappa shape index (κ2) is 4.78. The highest BCUT2D eigenvalue weighted by atomic mass is 16.1. The summed E-state index contributed by atoms with van der Waals surface area (Å²) in [5.41, 5.74) is 0. The molecular formula is C6H13N3O. The van der Waals surface area contributed by atoms with Crippen molar-refractivity contribution in [3.05, 3.63) is 0 Å². The van der Waals surface area contributed by atoms with E-state index in [0.717, 1.165) is 0 Å². The topological polar surface area (TPSA) is 44.7 Å². The summed E-state index contributed by atoms with van der Waals surface area (Å²) in [6.45, 7) is 0.355. The third-order valence-corrected chi connectivity index (χ3v) is 0.984. The number of nitrogens with one attached hydrogen (secondary N) is 1. The molecule has 1 N–H and O–H groups in total. The predicted octanol–water partition coefficient (Wildman–Crippen LogP) is -0.678. The molecule has 0 saturated heterocycles. The highest BCUT2D eigenvalue weighted by molar-refractivity contribution is 5.79. The Balaban J connectivity index is 3.57. The first-order valence-electron chi connectivity index (χ1n) is 3.03. The molecule has 0 aromatic carbocycles. The Morgan fingerprint density at radius 1 is 1.80 bits per heavy atom. The number of nitrogens with zero attached hydrogens (tertiary/aromatic N) is 2. The zero-order valence-corrected chi connectivity index (χ0v) is 6.59. The van der Waals surface area contributed by atoms with Crippen molar-refractivity contribution in [1.82, 2.24) is 10.2 Å². The van der Waals surface area contributed by atoms with Crippen LogP contribution >= 0.6 is 0 Å². The summed E-state index contributed by atoms with van der Waals surface area (Å²) in [6.07, 6.45) is 1.61. The monoisotopic (exact) mass is 143 g/mol. The van der Waals surface area contributed by atoms with Gasteiger partial charge in [-0.05, 0) is 0 Å². The quantitative estimate of drug-likeness (QED) is 0.420. The number of likely N-dealkylation sites (N-methyl/N-ethyl adjacent to an activating group) is 2. The van der Waals surface area contributed by atoms with Crippen molar-refractivity contribution in [2.24, 2.45) is 4.99 Å². The highest BCUT2D eigenvalue weighted by Gasteiger charge is 1.98. The molecule has 0 rings (SSSR count). The van der Waals surface area contributed by atoms with Crippen LogP contribution in [0, 0.1) is 0 Å². The zero-order chi connectivity index (χ0) is 7.98. The fourth-order valence-corrected chi connectivity index (χ4v) is 0.544. The van der Waals surface area contributed by atoms with E-state index in [0.29, 0.717) is 6.54 Å². The average Bonchev–Trinajstić information content (AvgIpc) is 1.88. The smallest absolute Gasteiger partial charge is 0.239 e. The van der Waals surface area contributed by atoms with E-state index in [1.807, 2.05) is 0 Å². The summed E-state index contributed by atoms with van der Waals surface area (Å²) < 4.78 is 0. The van der Waals surface area contributed by atoms with E-state index < -0.39 is 0 Å². The lowest BCUT2D eigenvalue weighted by atomic mass is 10.5. The second-order valence-corrected chi connectivity index (χ2v) is 1.96. The van der Waals surface area contributed by atoms with Crippen LogP contribution < -0.4 is 5.32 Å². The number of carbonyl (C=O) groups is 1. The van der Waals surface area contributed by atoms with E-state index in [4.69, 9.17) is 0 Å². The second-order valence-electron chi connectivity index (χ2n) is 1.96. The van der Waals surface area contributed by atoms with Gasteiger partial charge in [-0.25, -0.2) is 0 Å². The highest BCUT2D eigenvalue weighted by Crippen LogP contribution is 1.74. The van der Waals surface area contributed by atoms with E-state index in [1.165, 1.54) is 0 Å². The van der Waals surface area contributed by atoms with Crippen LogP contribution in [0.25, 0.3) is 0 Å². The van der Waals surface area contributed by atoms with Crippen LogP contribution in [0.5, 0.6) is 0 Å². The molecule has 0 heterocycles.